The van der Waals surface area contributed by atoms with Gasteiger partial charge in [0.1, 0.15) is 0 Å². The molecule has 0 aromatic carbocycles. The van der Waals surface area contributed by atoms with E-state index < -0.39 is 0 Å². The van der Waals surface area contributed by atoms with Crippen molar-refractivity contribution in [2.45, 2.75) is 152 Å². The second-order valence-corrected chi connectivity index (χ2v) is 15.4. The largest absolute Gasteiger partial charge is 0.395 e. The number of nitrogens with one attached hydrogen (secondary N) is 5. The normalized spacial score (nSPS) is 24.4. The molecule has 6 N–H and O–H groups in total. The number of hydrogen-bond donors (Lipinski definition) is 6. The molecule has 3 fully saturated rings. The van der Waals surface area contributed by atoms with Crippen molar-refractivity contribution in [1.29, 1.82) is 0 Å². The Balaban J connectivity index is 1.06. The van der Waals surface area contributed by atoms with E-state index in [4.69, 9.17) is 9.84 Å². The van der Waals surface area contributed by atoms with Gasteiger partial charge in [-0.3, -0.25) is 19.2 Å². The number of ether oxygens (including phenoxy) is 1. The van der Waals surface area contributed by atoms with Gasteiger partial charge in [0.15, 0.2) is 5.78 Å². The van der Waals surface area contributed by atoms with Crippen molar-refractivity contribution in [3.05, 3.63) is 12.2 Å². The van der Waals surface area contributed by atoms with E-state index >= 15 is 0 Å². The fraction of sp³-hybridized carbons (Fsp3) is 0.811. The van der Waals surface area contributed by atoms with Crippen LogP contribution in [0.1, 0.15) is 122 Å². The van der Waals surface area contributed by atoms with Crippen LogP contribution in [0, 0.1) is 5.92 Å². The molecule has 0 radical (unpaired) electrons. The van der Waals surface area contributed by atoms with Crippen molar-refractivity contribution in [1.82, 2.24) is 26.6 Å². The molecule has 50 heavy (non-hydrogen) atoms. The molecule has 0 saturated carbocycles. The maximum atomic E-state index is 12.4. The average molecular weight is 722 g/mol. The minimum absolute atomic E-state index is 0.0592. The molecule has 0 aromatic heterocycles. The van der Waals surface area contributed by atoms with E-state index in [-0.39, 0.29) is 79.3 Å². The zero-order chi connectivity index (χ0) is 36.0. The highest BCUT2D eigenvalue weighted by Gasteiger charge is 2.42. The topological polar surface area (TPSA) is 175 Å². The second-order valence-electron chi connectivity index (χ2n) is 14.1. The van der Waals surface area contributed by atoms with E-state index in [2.05, 4.69) is 33.5 Å². The summed E-state index contributed by atoms with van der Waals surface area (Å²) in [4.78, 5) is 60.2. The lowest BCUT2D eigenvalue weighted by Crippen LogP contribution is -2.39. The van der Waals surface area contributed by atoms with Crippen LogP contribution in [0.5, 0.6) is 0 Å². The maximum absolute atomic E-state index is 12.4. The summed E-state index contributed by atoms with van der Waals surface area (Å²) in [6.45, 7) is 3.57. The Kier molecular flexibility index (Phi) is 20.5. The number of hydrogen-bond acceptors (Lipinski definition) is 8. The molecule has 13 heteroatoms. The van der Waals surface area contributed by atoms with Crippen LogP contribution in [0.2, 0.25) is 0 Å². The zero-order valence-corrected chi connectivity index (χ0v) is 31.0. The Labute approximate surface area is 303 Å². The number of fused-ring (bicyclic) bond motifs is 1. The summed E-state index contributed by atoms with van der Waals surface area (Å²) in [6.07, 6.45) is 18.2. The monoisotopic (exact) mass is 721 g/mol. The summed E-state index contributed by atoms with van der Waals surface area (Å²) < 4.78 is 6.07. The predicted octanol–water partition coefficient (Wildman–Crippen LogP) is 4.04. The Hall–Kier alpha value is -2.64. The van der Waals surface area contributed by atoms with Gasteiger partial charge in [-0.2, -0.15) is 11.8 Å². The number of carbonyl (C=O) groups excluding carboxylic acids is 5. The third-order valence-electron chi connectivity index (χ3n) is 9.85. The molecule has 0 aromatic rings. The number of rotatable bonds is 26. The SMILES string of the molecule is CC1CCC(CC(=O)/C=C/CCCCCCCNC(=O)CCCCCNC(=O)CCCC[C@@H]2SC[C@@H]3NC(=O)N[C@@H]32)OC1CC(=O)NCCO. The van der Waals surface area contributed by atoms with E-state index in [1.54, 1.807) is 6.08 Å². The molecule has 3 aliphatic heterocycles. The summed E-state index contributed by atoms with van der Waals surface area (Å²) in [5.41, 5.74) is 0. The van der Waals surface area contributed by atoms with Crippen molar-refractivity contribution in [2.75, 3.05) is 32.0 Å². The van der Waals surface area contributed by atoms with E-state index in [1.165, 1.54) is 0 Å². The van der Waals surface area contributed by atoms with Gasteiger partial charge in [-0.25, -0.2) is 4.79 Å². The van der Waals surface area contributed by atoms with E-state index in [0.29, 0.717) is 37.6 Å². The lowest BCUT2D eigenvalue weighted by atomic mass is 9.90. The van der Waals surface area contributed by atoms with Gasteiger partial charge in [-0.1, -0.05) is 45.1 Å². The first-order valence-corrected chi connectivity index (χ1v) is 20.2. The van der Waals surface area contributed by atoms with Crippen molar-refractivity contribution >= 4 is 41.3 Å². The summed E-state index contributed by atoms with van der Waals surface area (Å²) in [6, 6.07) is 0.411. The molecule has 0 bridgehead atoms. The number of unbranched alkanes of at least 4 members (excludes halogenated alkanes) is 8. The van der Waals surface area contributed by atoms with Crippen LogP contribution >= 0.6 is 11.8 Å². The van der Waals surface area contributed by atoms with Crippen LogP contribution < -0.4 is 26.6 Å². The molecule has 3 unspecified atom stereocenters. The van der Waals surface area contributed by atoms with E-state index in [0.717, 1.165) is 95.6 Å². The molecule has 284 valence electrons. The molecular formula is C37H63N5O7S. The lowest BCUT2D eigenvalue weighted by molar-refractivity contribution is -0.134. The van der Waals surface area contributed by atoms with Crippen LogP contribution in [0.15, 0.2) is 12.2 Å². The minimum atomic E-state index is -0.199. The fourth-order valence-corrected chi connectivity index (χ4v) is 8.40. The number of allylic oxidation sites excluding steroid dienone is 2. The molecule has 3 saturated heterocycles. The van der Waals surface area contributed by atoms with Gasteiger partial charge in [-0.15, -0.1) is 0 Å². The molecule has 3 heterocycles. The standard InChI is InChI=1S/C37H63N5O7S/c1-27-18-19-29(49-31(27)25-35(47)40-22-23-43)24-28(44)14-8-5-3-2-4-6-12-20-38-33(45)16-9-7-13-21-39-34(46)17-11-10-15-32-36-30(26-50-32)41-37(48)42-36/h8,14,27,29-32,36,43H,2-7,9-13,15-26H2,1H3,(H,38,45)(H,39,46)(H,40,47)(H2,41,42,48)/b14-8+/t27?,29?,30-,31?,32-,36-/m0/s1. The van der Waals surface area contributed by atoms with Crippen molar-refractivity contribution < 1.29 is 33.8 Å². The van der Waals surface area contributed by atoms with Crippen LogP contribution in [0.25, 0.3) is 0 Å². The van der Waals surface area contributed by atoms with Gasteiger partial charge in [0.25, 0.3) is 0 Å². The average Bonchev–Trinajstić information content (AvgIpc) is 3.65. The number of aliphatic hydroxyl groups excluding tert-OH is 1. The van der Waals surface area contributed by atoms with Crippen molar-refractivity contribution in [3.8, 4) is 0 Å². The van der Waals surface area contributed by atoms with Crippen molar-refractivity contribution in [3.63, 3.8) is 0 Å². The summed E-state index contributed by atoms with van der Waals surface area (Å²) >= 11 is 1.91. The fourth-order valence-electron chi connectivity index (χ4n) is 6.85. The highest BCUT2D eigenvalue weighted by atomic mass is 32.2. The summed E-state index contributed by atoms with van der Waals surface area (Å²) in [5.74, 6) is 1.33. The molecular weight excluding hydrogens is 659 g/mol. The highest BCUT2D eigenvalue weighted by Crippen LogP contribution is 2.33. The minimum Gasteiger partial charge on any atom is -0.395 e. The number of thioether (sulfide) groups is 1. The third kappa shape index (κ3) is 17.0. The molecule has 12 nitrogen and oxygen atoms in total. The molecule has 3 aliphatic rings. The number of carbonyl (C=O) groups is 5. The van der Waals surface area contributed by atoms with Gasteiger partial charge >= 0.3 is 6.03 Å². The van der Waals surface area contributed by atoms with Crippen molar-refractivity contribution in [2.24, 2.45) is 5.92 Å². The molecule has 0 aliphatic carbocycles. The first-order chi connectivity index (χ1) is 24.2. The smallest absolute Gasteiger partial charge is 0.315 e. The summed E-state index contributed by atoms with van der Waals surface area (Å²) in [7, 11) is 0. The van der Waals surface area contributed by atoms with Crippen LogP contribution in [0.4, 0.5) is 4.79 Å². The maximum Gasteiger partial charge on any atom is 0.315 e. The summed E-state index contributed by atoms with van der Waals surface area (Å²) in [5, 5.41) is 24.0. The Bertz CT molecular complexity index is 1090. The Morgan fingerprint density at radius 3 is 2.22 bits per heavy atom. The van der Waals surface area contributed by atoms with Crippen LogP contribution in [-0.4, -0.2) is 96.2 Å². The first-order valence-electron chi connectivity index (χ1n) is 19.2. The van der Waals surface area contributed by atoms with E-state index in [9.17, 15) is 24.0 Å². The zero-order valence-electron chi connectivity index (χ0n) is 30.2. The van der Waals surface area contributed by atoms with E-state index in [1.807, 2.05) is 17.8 Å². The first kappa shape index (κ1) is 41.8. The van der Waals surface area contributed by atoms with Gasteiger partial charge in [0.2, 0.25) is 17.7 Å². The van der Waals surface area contributed by atoms with Crippen LogP contribution in [-0.2, 0) is 23.9 Å². The molecule has 5 amide bonds. The lowest BCUT2D eigenvalue weighted by Gasteiger charge is -2.34. The van der Waals surface area contributed by atoms with Gasteiger partial charge < -0.3 is 36.4 Å². The molecule has 6 atom stereocenters. The van der Waals surface area contributed by atoms with Gasteiger partial charge in [0, 0.05) is 49.9 Å². The Morgan fingerprint density at radius 1 is 0.820 bits per heavy atom. The third-order valence-corrected chi connectivity index (χ3v) is 11.4. The molecule has 3 rings (SSSR count). The number of amides is 5. The second kappa shape index (κ2) is 24.5. The number of urea groups is 1. The van der Waals surface area contributed by atoms with Gasteiger partial charge in [0.05, 0.1) is 37.3 Å². The Morgan fingerprint density at radius 2 is 1.48 bits per heavy atom. The number of aliphatic hydroxyl groups is 1. The highest BCUT2D eigenvalue weighted by molar-refractivity contribution is 8.00. The van der Waals surface area contributed by atoms with Gasteiger partial charge in [-0.05, 0) is 69.8 Å². The van der Waals surface area contributed by atoms with Crippen LogP contribution in [0.3, 0.4) is 0 Å². The number of ketones is 1. The predicted molar refractivity (Wildman–Crippen MR) is 197 cm³/mol. The quantitative estimate of drug-likeness (QED) is 0.0441. The molecule has 0 spiro atoms.